The van der Waals surface area contributed by atoms with Gasteiger partial charge in [0, 0.05) is 17.2 Å². The number of ether oxygens (including phenoxy) is 2. The second-order valence-corrected chi connectivity index (χ2v) is 8.14. The van der Waals surface area contributed by atoms with Crippen molar-refractivity contribution in [2.45, 2.75) is 4.90 Å². The Labute approximate surface area is 167 Å². The molecule has 0 amide bonds. The van der Waals surface area contributed by atoms with Crippen LogP contribution >= 0.6 is 34.8 Å². The molecule has 0 aliphatic heterocycles. The van der Waals surface area contributed by atoms with Crippen LogP contribution in [0.2, 0.25) is 15.1 Å². The molecular weight excluding hydrogens is 421 g/mol. The highest BCUT2D eigenvalue weighted by molar-refractivity contribution is 7.93. The van der Waals surface area contributed by atoms with Gasteiger partial charge in [-0.1, -0.05) is 40.9 Å². The van der Waals surface area contributed by atoms with Crippen LogP contribution in [0.4, 0.5) is 5.69 Å². The minimum atomic E-state index is -4.07. The van der Waals surface area contributed by atoms with Crippen molar-refractivity contribution in [3.05, 3.63) is 58.1 Å². The molecule has 0 heterocycles. The first-order valence-corrected chi connectivity index (χ1v) is 9.83. The smallest absolute Gasteiger partial charge is 0.266 e. The topological polar surface area (TPSA) is 55.8 Å². The van der Waals surface area contributed by atoms with Crippen LogP contribution in [0.15, 0.2) is 47.9 Å². The standard InChI is InChI=1S/C17H16Cl3NO4S/c1-4-7-21(14-10-15(24-2)13(20)9-16(14)25-3)26(22,23)17-8-11(18)5-6-12(17)19/h4-6,8-10H,1,7H2,2-3H3. The Kier molecular flexibility index (Phi) is 6.69. The molecule has 0 aliphatic carbocycles. The van der Waals surface area contributed by atoms with E-state index in [0.717, 1.165) is 4.31 Å². The molecule has 2 aromatic carbocycles. The van der Waals surface area contributed by atoms with Gasteiger partial charge < -0.3 is 9.47 Å². The van der Waals surface area contributed by atoms with E-state index in [1.54, 1.807) is 0 Å². The summed E-state index contributed by atoms with van der Waals surface area (Å²) >= 11 is 18.2. The Bertz CT molecular complexity index is 932. The van der Waals surface area contributed by atoms with Gasteiger partial charge in [-0.3, -0.25) is 4.31 Å². The van der Waals surface area contributed by atoms with Gasteiger partial charge >= 0.3 is 0 Å². The number of nitrogens with zero attached hydrogens (tertiary/aromatic N) is 1. The first-order chi connectivity index (χ1) is 12.3. The van der Waals surface area contributed by atoms with Crippen molar-refractivity contribution >= 4 is 50.5 Å². The van der Waals surface area contributed by atoms with Crippen LogP contribution in [0.3, 0.4) is 0 Å². The predicted molar refractivity (Wildman–Crippen MR) is 106 cm³/mol. The number of rotatable bonds is 7. The maximum Gasteiger partial charge on any atom is 0.266 e. The Morgan fingerprint density at radius 2 is 1.69 bits per heavy atom. The van der Waals surface area contributed by atoms with Crippen molar-refractivity contribution in [2.75, 3.05) is 25.1 Å². The number of halogens is 3. The maximum atomic E-state index is 13.3. The van der Waals surface area contributed by atoms with Gasteiger partial charge in [-0.15, -0.1) is 6.58 Å². The van der Waals surface area contributed by atoms with E-state index in [4.69, 9.17) is 44.3 Å². The van der Waals surface area contributed by atoms with E-state index in [9.17, 15) is 8.42 Å². The molecule has 26 heavy (non-hydrogen) atoms. The lowest BCUT2D eigenvalue weighted by atomic mass is 10.2. The fraction of sp³-hybridized carbons (Fsp3) is 0.176. The lowest BCUT2D eigenvalue weighted by Crippen LogP contribution is -2.31. The van der Waals surface area contributed by atoms with Crippen LogP contribution in [0.1, 0.15) is 0 Å². The molecule has 0 spiro atoms. The summed E-state index contributed by atoms with van der Waals surface area (Å²) in [5.74, 6) is 0.545. The van der Waals surface area contributed by atoms with Crippen LogP contribution in [0.5, 0.6) is 11.5 Å². The van der Waals surface area contributed by atoms with Crippen molar-refractivity contribution in [2.24, 2.45) is 0 Å². The maximum absolute atomic E-state index is 13.3. The Morgan fingerprint density at radius 3 is 2.27 bits per heavy atom. The first kappa shape index (κ1) is 20.7. The van der Waals surface area contributed by atoms with E-state index in [1.165, 1.54) is 50.6 Å². The van der Waals surface area contributed by atoms with Crippen LogP contribution in [0.25, 0.3) is 0 Å². The number of hydrogen-bond acceptors (Lipinski definition) is 4. The van der Waals surface area contributed by atoms with Crippen molar-refractivity contribution in [3.63, 3.8) is 0 Å². The SMILES string of the molecule is C=CCN(c1cc(OC)c(Cl)cc1OC)S(=O)(=O)c1cc(Cl)ccc1Cl. The summed E-state index contributed by atoms with van der Waals surface area (Å²) in [6, 6.07) is 7.16. The lowest BCUT2D eigenvalue weighted by molar-refractivity contribution is 0.404. The second kappa shape index (κ2) is 8.39. The number of methoxy groups -OCH3 is 2. The number of sulfonamides is 1. The summed E-state index contributed by atoms with van der Waals surface area (Å²) in [6.07, 6.45) is 1.44. The average molecular weight is 437 g/mol. The minimum Gasteiger partial charge on any atom is -0.495 e. The molecule has 2 rings (SSSR count). The van der Waals surface area contributed by atoms with E-state index in [1.807, 2.05) is 0 Å². The third-order valence-corrected chi connectivity index (χ3v) is 6.27. The number of anilines is 1. The summed E-state index contributed by atoms with van der Waals surface area (Å²) in [6.45, 7) is 3.59. The largest absolute Gasteiger partial charge is 0.495 e. The van der Waals surface area contributed by atoms with Crippen molar-refractivity contribution < 1.29 is 17.9 Å². The van der Waals surface area contributed by atoms with Crippen molar-refractivity contribution in [3.8, 4) is 11.5 Å². The molecule has 0 aliphatic rings. The Morgan fingerprint density at radius 1 is 1.04 bits per heavy atom. The molecule has 0 fully saturated rings. The highest BCUT2D eigenvalue weighted by Crippen LogP contribution is 2.41. The van der Waals surface area contributed by atoms with Crippen LogP contribution in [-0.4, -0.2) is 29.2 Å². The molecule has 5 nitrogen and oxygen atoms in total. The molecule has 0 radical (unpaired) electrons. The molecule has 0 saturated carbocycles. The molecule has 0 aromatic heterocycles. The Balaban J connectivity index is 2.73. The fourth-order valence-corrected chi connectivity index (χ4v) is 4.68. The van der Waals surface area contributed by atoms with Gasteiger partial charge in [-0.25, -0.2) is 8.42 Å². The van der Waals surface area contributed by atoms with E-state index in [0.29, 0.717) is 5.75 Å². The highest BCUT2D eigenvalue weighted by Gasteiger charge is 2.29. The molecular formula is C17H16Cl3NO4S. The fourth-order valence-electron chi connectivity index (χ4n) is 2.28. The predicted octanol–water partition coefficient (Wildman–Crippen LogP) is 5.05. The van der Waals surface area contributed by atoms with E-state index in [2.05, 4.69) is 6.58 Å². The number of benzene rings is 2. The molecule has 0 N–H and O–H groups in total. The van der Waals surface area contributed by atoms with Crippen molar-refractivity contribution in [1.29, 1.82) is 0 Å². The normalized spacial score (nSPS) is 11.1. The number of hydrogen-bond donors (Lipinski definition) is 0. The summed E-state index contributed by atoms with van der Waals surface area (Å²) in [7, 11) is -1.24. The van der Waals surface area contributed by atoms with Crippen LogP contribution in [-0.2, 0) is 10.0 Å². The van der Waals surface area contributed by atoms with Gasteiger partial charge in [-0.2, -0.15) is 0 Å². The van der Waals surface area contributed by atoms with Crippen molar-refractivity contribution in [1.82, 2.24) is 0 Å². The molecule has 9 heteroatoms. The zero-order valence-electron chi connectivity index (χ0n) is 14.0. The molecule has 0 saturated heterocycles. The van der Waals surface area contributed by atoms with Gasteiger partial charge in [0.1, 0.15) is 16.4 Å². The molecule has 0 atom stereocenters. The van der Waals surface area contributed by atoms with E-state index >= 15 is 0 Å². The van der Waals surface area contributed by atoms with Gasteiger partial charge in [0.05, 0.1) is 36.5 Å². The van der Waals surface area contributed by atoms with Crippen LogP contribution < -0.4 is 13.8 Å². The van der Waals surface area contributed by atoms with Crippen LogP contribution in [0, 0.1) is 0 Å². The second-order valence-electron chi connectivity index (χ2n) is 5.06. The molecule has 0 bridgehead atoms. The van der Waals surface area contributed by atoms with Gasteiger partial charge in [-0.05, 0) is 18.2 Å². The summed E-state index contributed by atoms with van der Waals surface area (Å²) in [5.41, 5.74) is 0.227. The molecule has 140 valence electrons. The average Bonchev–Trinajstić information content (AvgIpc) is 2.61. The summed E-state index contributed by atoms with van der Waals surface area (Å²) in [5, 5.41) is 0.570. The Hall–Kier alpha value is -1.60. The zero-order valence-corrected chi connectivity index (χ0v) is 17.1. The summed E-state index contributed by atoms with van der Waals surface area (Å²) in [4.78, 5) is -0.135. The third-order valence-electron chi connectivity index (χ3n) is 3.48. The lowest BCUT2D eigenvalue weighted by Gasteiger charge is -2.26. The quantitative estimate of drug-likeness (QED) is 0.570. The van der Waals surface area contributed by atoms with E-state index in [-0.39, 0.29) is 37.9 Å². The first-order valence-electron chi connectivity index (χ1n) is 7.26. The monoisotopic (exact) mass is 435 g/mol. The van der Waals surface area contributed by atoms with Gasteiger partial charge in [0.15, 0.2) is 0 Å². The zero-order chi connectivity index (χ0) is 19.5. The highest BCUT2D eigenvalue weighted by atomic mass is 35.5. The van der Waals surface area contributed by atoms with Gasteiger partial charge in [0.2, 0.25) is 0 Å². The minimum absolute atomic E-state index is 0.0354. The van der Waals surface area contributed by atoms with Gasteiger partial charge in [0.25, 0.3) is 10.0 Å². The third kappa shape index (κ3) is 4.04. The molecule has 2 aromatic rings. The summed E-state index contributed by atoms with van der Waals surface area (Å²) < 4.78 is 38.1. The molecule has 0 unspecified atom stereocenters. The van der Waals surface area contributed by atoms with E-state index < -0.39 is 10.0 Å².